The normalized spacial score (nSPS) is 10.7. The van der Waals surface area contributed by atoms with E-state index in [9.17, 15) is 9.90 Å². The second kappa shape index (κ2) is 3.77. The minimum Gasteiger partial charge on any atom is -0.550 e. The third-order valence-corrected chi connectivity index (χ3v) is 2.56. The Morgan fingerprint density at radius 3 is 2.87 bits per heavy atom. The van der Waals surface area contributed by atoms with Gasteiger partial charge in [0.2, 0.25) is 0 Å². The summed E-state index contributed by atoms with van der Waals surface area (Å²) in [5.74, 6) is -1.01. The van der Waals surface area contributed by atoms with Crippen LogP contribution in [0.3, 0.4) is 0 Å². The van der Waals surface area contributed by atoms with E-state index in [1.807, 2.05) is 35.8 Å². The number of hydrogen-bond acceptors (Lipinski definition) is 2. The van der Waals surface area contributed by atoms with Crippen LogP contribution in [0.4, 0.5) is 0 Å². The van der Waals surface area contributed by atoms with E-state index in [2.05, 4.69) is 6.07 Å². The molecule has 15 heavy (non-hydrogen) atoms. The van der Waals surface area contributed by atoms with Gasteiger partial charge >= 0.3 is 0 Å². The van der Waals surface area contributed by atoms with Crippen molar-refractivity contribution in [1.82, 2.24) is 4.57 Å². The summed E-state index contributed by atoms with van der Waals surface area (Å²) < 4.78 is 2.01. The number of carboxylic acids is 1. The highest BCUT2D eigenvalue weighted by molar-refractivity contribution is 5.81. The average molecular weight is 202 g/mol. The topological polar surface area (TPSA) is 45.1 Å². The molecule has 0 aliphatic rings. The fourth-order valence-corrected chi connectivity index (χ4v) is 1.85. The zero-order valence-electron chi connectivity index (χ0n) is 8.56. The predicted octanol–water partition coefficient (Wildman–Crippen LogP) is 1.09. The van der Waals surface area contributed by atoms with Crippen LogP contribution in [0.2, 0.25) is 0 Å². The third-order valence-electron chi connectivity index (χ3n) is 2.56. The number of carbonyl (C=O) groups excluding carboxylic acids is 1. The van der Waals surface area contributed by atoms with Crippen LogP contribution < -0.4 is 5.11 Å². The number of hydrogen-bond donors (Lipinski definition) is 0. The number of nitrogens with zero attached hydrogens (tertiary/aromatic N) is 1. The Morgan fingerprint density at radius 2 is 2.13 bits per heavy atom. The highest BCUT2D eigenvalue weighted by atomic mass is 16.4. The van der Waals surface area contributed by atoms with E-state index in [1.54, 1.807) is 0 Å². The van der Waals surface area contributed by atoms with Gasteiger partial charge in [-0.15, -0.1) is 0 Å². The first kappa shape index (κ1) is 9.77. The maximum atomic E-state index is 10.4. The number of carboxylic acid groups (broad SMARTS) is 1. The third kappa shape index (κ3) is 1.86. The summed E-state index contributed by atoms with van der Waals surface area (Å²) in [6.07, 6.45) is 0.0551. The minimum atomic E-state index is -1.01. The van der Waals surface area contributed by atoms with E-state index in [4.69, 9.17) is 0 Å². The van der Waals surface area contributed by atoms with Crippen LogP contribution in [-0.4, -0.2) is 10.5 Å². The Morgan fingerprint density at radius 1 is 1.40 bits per heavy atom. The maximum absolute atomic E-state index is 10.4. The van der Waals surface area contributed by atoms with Crippen molar-refractivity contribution in [3.63, 3.8) is 0 Å². The SMILES string of the molecule is Cc1cc2ccccc2n1CCC(=O)[O-]. The Balaban J connectivity index is 2.40. The predicted molar refractivity (Wildman–Crippen MR) is 56.3 cm³/mol. The maximum Gasteiger partial charge on any atom is 0.0482 e. The molecule has 0 unspecified atom stereocenters. The van der Waals surface area contributed by atoms with E-state index in [1.165, 1.54) is 0 Å². The molecular formula is C12H12NO2-. The van der Waals surface area contributed by atoms with Crippen molar-refractivity contribution in [1.29, 1.82) is 0 Å². The quantitative estimate of drug-likeness (QED) is 0.747. The van der Waals surface area contributed by atoms with Crippen LogP contribution in [0.15, 0.2) is 30.3 Å². The van der Waals surface area contributed by atoms with Crippen LogP contribution in [0.1, 0.15) is 12.1 Å². The summed E-state index contributed by atoms with van der Waals surface area (Å²) >= 11 is 0. The smallest absolute Gasteiger partial charge is 0.0482 e. The molecule has 0 N–H and O–H groups in total. The van der Waals surface area contributed by atoms with E-state index in [0.29, 0.717) is 6.54 Å². The molecule has 78 valence electrons. The molecule has 2 rings (SSSR count). The molecule has 0 saturated heterocycles. The van der Waals surface area contributed by atoms with Gasteiger partial charge in [-0.1, -0.05) is 18.2 Å². The van der Waals surface area contributed by atoms with Gasteiger partial charge in [0.15, 0.2) is 0 Å². The molecule has 1 heterocycles. The fourth-order valence-electron chi connectivity index (χ4n) is 1.85. The van der Waals surface area contributed by atoms with Crippen molar-refractivity contribution in [2.24, 2.45) is 0 Å². The molecule has 0 aliphatic heterocycles. The summed E-state index contributed by atoms with van der Waals surface area (Å²) in [5, 5.41) is 11.6. The first-order chi connectivity index (χ1) is 7.18. The standard InChI is InChI=1S/C12H13NO2/c1-9-8-10-4-2-3-5-11(10)13(9)7-6-12(14)15/h2-5,8H,6-7H2,1H3,(H,14,15)/p-1. The number of benzene rings is 1. The lowest BCUT2D eigenvalue weighted by molar-refractivity contribution is -0.305. The van der Waals surface area contributed by atoms with Gasteiger partial charge < -0.3 is 14.5 Å². The number of para-hydroxylation sites is 1. The molecule has 0 saturated carbocycles. The molecule has 0 spiro atoms. The van der Waals surface area contributed by atoms with Gasteiger partial charge in [0.05, 0.1) is 0 Å². The molecule has 0 atom stereocenters. The summed E-state index contributed by atoms with van der Waals surface area (Å²) in [6, 6.07) is 10.0. The van der Waals surface area contributed by atoms with E-state index >= 15 is 0 Å². The lowest BCUT2D eigenvalue weighted by Gasteiger charge is -2.08. The second-order valence-electron chi connectivity index (χ2n) is 3.62. The zero-order chi connectivity index (χ0) is 10.8. The lowest BCUT2D eigenvalue weighted by atomic mass is 10.2. The van der Waals surface area contributed by atoms with Gasteiger partial charge in [0, 0.05) is 30.1 Å². The Kier molecular flexibility index (Phi) is 2.46. The first-order valence-electron chi connectivity index (χ1n) is 4.93. The van der Waals surface area contributed by atoms with Gasteiger partial charge in [-0.2, -0.15) is 0 Å². The summed E-state index contributed by atoms with van der Waals surface area (Å²) in [4.78, 5) is 10.4. The second-order valence-corrected chi connectivity index (χ2v) is 3.62. The van der Waals surface area contributed by atoms with E-state index < -0.39 is 5.97 Å². The number of aliphatic carboxylic acids is 1. The average Bonchev–Trinajstić information content (AvgIpc) is 2.50. The summed E-state index contributed by atoms with van der Waals surface area (Å²) in [6.45, 7) is 2.46. The summed E-state index contributed by atoms with van der Waals surface area (Å²) in [7, 11) is 0. The molecular weight excluding hydrogens is 190 g/mol. The number of rotatable bonds is 3. The Bertz CT molecular complexity index is 499. The van der Waals surface area contributed by atoms with Crippen molar-refractivity contribution >= 4 is 16.9 Å². The first-order valence-corrected chi connectivity index (χ1v) is 4.93. The molecule has 3 heteroatoms. The number of aryl methyl sites for hydroxylation is 2. The van der Waals surface area contributed by atoms with Crippen molar-refractivity contribution in [2.45, 2.75) is 19.9 Å². The molecule has 0 bridgehead atoms. The van der Waals surface area contributed by atoms with Crippen LogP contribution in [0, 0.1) is 6.92 Å². The monoisotopic (exact) mass is 202 g/mol. The Labute approximate surface area is 87.9 Å². The van der Waals surface area contributed by atoms with Crippen molar-refractivity contribution in [3.05, 3.63) is 36.0 Å². The van der Waals surface area contributed by atoms with Gasteiger partial charge in [0.1, 0.15) is 0 Å². The molecule has 0 amide bonds. The van der Waals surface area contributed by atoms with Crippen molar-refractivity contribution in [3.8, 4) is 0 Å². The number of carbonyl (C=O) groups is 1. The van der Waals surface area contributed by atoms with Crippen LogP contribution in [-0.2, 0) is 11.3 Å². The van der Waals surface area contributed by atoms with Gasteiger partial charge in [-0.05, 0) is 24.4 Å². The molecule has 2 aromatic rings. The van der Waals surface area contributed by atoms with Crippen LogP contribution >= 0.6 is 0 Å². The number of aromatic nitrogens is 1. The van der Waals surface area contributed by atoms with Crippen molar-refractivity contribution < 1.29 is 9.90 Å². The highest BCUT2D eigenvalue weighted by Crippen LogP contribution is 2.19. The molecule has 1 aromatic carbocycles. The fraction of sp³-hybridized carbons (Fsp3) is 0.250. The molecule has 0 fully saturated rings. The van der Waals surface area contributed by atoms with E-state index in [-0.39, 0.29) is 6.42 Å². The summed E-state index contributed by atoms with van der Waals surface area (Å²) in [5.41, 5.74) is 2.16. The highest BCUT2D eigenvalue weighted by Gasteiger charge is 2.03. The van der Waals surface area contributed by atoms with E-state index in [0.717, 1.165) is 16.6 Å². The van der Waals surface area contributed by atoms with Gasteiger partial charge in [-0.25, -0.2) is 0 Å². The zero-order valence-corrected chi connectivity index (χ0v) is 8.56. The lowest BCUT2D eigenvalue weighted by Crippen LogP contribution is -2.23. The van der Waals surface area contributed by atoms with Crippen LogP contribution in [0.25, 0.3) is 10.9 Å². The van der Waals surface area contributed by atoms with Crippen molar-refractivity contribution in [2.75, 3.05) is 0 Å². The van der Waals surface area contributed by atoms with Gasteiger partial charge in [-0.3, -0.25) is 0 Å². The van der Waals surface area contributed by atoms with Crippen LogP contribution in [0.5, 0.6) is 0 Å². The van der Waals surface area contributed by atoms with Gasteiger partial charge in [0.25, 0.3) is 0 Å². The minimum absolute atomic E-state index is 0.0551. The molecule has 3 nitrogen and oxygen atoms in total. The molecule has 0 radical (unpaired) electrons. The molecule has 0 aliphatic carbocycles. The number of fused-ring (bicyclic) bond motifs is 1. The molecule has 1 aromatic heterocycles. The largest absolute Gasteiger partial charge is 0.550 e. The Hall–Kier alpha value is -1.77.